The molecule has 126 valence electrons. The number of hydrogen-bond donors (Lipinski definition) is 3. The fraction of sp³-hybridized carbons (Fsp3) is 0.571. The molecule has 7 nitrogen and oxygen atoms in total. The van der Waals surface area contributed by atoms with Crippen LogP contribution >= 0.6 is 12.2 Å². The van der Waals surface area contributed by atoms with Gasteiger partial charge in [-0.05, 0) is 12.1 Å². The molecule has 0 amide bonds. The number of rotatable bonds is 14. The Morgan fingerprint density at radius 1 is 0.955 bits per heavy atom. The minimum Gasteiger partial charge on any atom is -0.378 e. The van der Waals surface area contributed by atoms with Crippen LogP contribution in [0.2, 0.25) is 0 Å². The molecule has 22 heavy (non-hydrogen) atoms. The van der Waals surface area contributed by atoms with Gasteiger partial charge in [0.05, 0.1) is 45.3 Å². The molecule has 0 heterocycles. The average molecular weight is 331 g/mol. The van der Waals surface area contributed by atoms with Crippen LogP contribution in [0.25, 0.3) is 0 Å². The van der Waals surface area contributed by atoms with Crippen molar-refractivity contribution in [1.29, 1.82) is 0 Å². The largest absolute Gasteiger partial charge is 0.378 e. The van der Waals surface area contributed by atoms with E-state index in [1.807, 2.05) is 30.3 Å². The highest BCUT2D eigenvalue weighted by Crippen LogP contribution is 2.16. The van der Waals surface area contributed by atoms with E-state index in [0.29, 0.717) is 65.0 Å². The summed E-state index contributed by atoms with van der Waals surface area (Å²) in [6.07, 6.45) is 0. The SMILES string of the molecule is NCCOCCOCCOCCNN(SO)c1ccccc1. The molecular weight excluding hydrogens is 306 g/mol. The molecule has 0 aliphatic rings. The van der Waals surface area contributed by atoms with Crippen LogP contribution in [0.3, 0.4) is 0 Å². The summed E-state index contributed by atoms with van der Waals surface area (Å²) in [6.45, 7) is 4.36. The van der Waals surface area contributed by atoms with Gasteiger partial charge in [-0.1, -0.05) is 18.2 Å². The molecule has 0 unspecified atom stereocenters. The van der Waals surface area contributed by atoms with E-state index < -0.39 is 0 Å². The molecule has 0 radical (unpaired) electrons. The summed E-state index contributed by atoms with van der Waals surface area (Å²) >= 11 is 0.624. The molecule has 0 bridgehead atoms. The van der Waals surface area contributed by atoms with Crippen molar-refractivity contribution in [3.63, 3.8) is 0 Å². The van der Waals surface area contributed by atoms with Crippen molar-refractivity contribution in [2.24, 2.45) is 5.73 Å². The fourth-order valence-corrected chi connectivity index (χ4v) is 1.94. The molecule has 0 atom stereocenters. The van der Waals surface area contributed by atoms with Crippen molar-refractivity contribution in [2.75, 3.05) is 57.1 Å². The number of nitrogens with zero attached hydrogens (tertiary/aromatic N) is 1. The standard InChI is InChI=1S/C14H25N3O4S/c15-6-8-19-10-12-21-13-11-20-9-7-16-17(22-18)14-4-2-1-3-5-14/h1-5,16,18H,6-13,15H2. The Labute approximate surface area is 136 Å². The second kappa shape index (κ2) is 13.8. The van der Waals surface area contributed by atoms with E-state index in [2.05, 4.69) is 5.43 Å². The van der Waals surface area contributed by atoms with Gasteiger partial charge in [0, 0.05) is 13.1 Å². The molecule has 0 aromatic heterocycles. The van der Waals surface area contributed by atoms with E-state index in [1.54, 1.807) is 4.41 Å². The molecule has 1 rings (SSSR count). The summed E-state index contributed by atoms with van der Waals surface area (Å²) in [5, 5.41) is 0. The van der Waals surface area contributed by atoms with Gasteiger partial charge in [0.25, 0.3) is 0 Å². The van der Waals surface area contributed by atoms with Crippen LogP contribution < -0.4 is 15.6 Å². The molecule has 4 N–H and O–H groups in total. The normalized spacial score (nSPS) is 10.8. The molecule has 0 aliphatic carbocycles. The zero-order valence-electron chi connectivity index (χ0n) is 12.6. The fourth-order valence-electron chi connectivity index (χ4n) is 1.58. The van der Waals surface area contributed by atoms with Crippen LogP contribution in [0.5, 0.6) is 0 Å². The Morgan fingerprint density at radius 3 is 2.14 bits per heavy atom. The molecule has 0 fully saturated rings. The first-order valence-corrected chi connectivity index (χ1v) is 7.95. The van der Waals surface area contributed by atoms with Gasteiger partial charge in [-0.25, -0.2) is 9.84 Å². The monoisotopic (exact) mass is 331 g/mol. The lowest BCUT2D eigenvalue weighted by molar-refractivity contribution is 0.0166. The first-order valence-electron chi connectivity index (χ1n) is 7.22. The Morgan fingerprint density at radius 2 is 1.55 bits per heavy atom. The van der Waals surface area contributed by atoms with Gasteiger partial charge in [-0.2, -0.15) is 0 Å². The summed E-state index contributed by atoms with van der Waals surface area (Å²) < 4.78 is 26.8. The number of hydrazine groups is 1. The van der Waals surface area contributed by atoms with Crippen molar-refractivity contribution in [3.05, 3.63) is 30.3 Å². The number of benzene rings is 1. The van der Waals surface area contributed by atoms with E-state index in [1.165, 1.54) is 0 Å². The maximum Gasteiger partial charge on any atom is 0.128 e. The van der Waals surface area contributed by atoms with Gasteiger partial charge in [0.1, 0.15) is 12.2 Å². The van der Waals surface area contributed by atoms with Crippen molar-refractivity contribution in [1.82, 2.24) is 5.43 Å². The van der Waals surface area contributed by atoms with Crippen molar-refractivity contribution in [3.8, 4) is 0 Å². The smallest absolute Gasteiger partial charge is 0.128 e. The van der Waals surface area contributed by atoms with Crippen molar-refractivity contribution >= 4 is 17.9 Å². The molecule has 1 aromatic carbocycles. The van der Waals surface area contributed by atoms with Gasteiger partial charge >= 0.3 is 0 Å². The molecule has 0 spiro atoms. The Hall–Kier alpha value is -0.870. The van der Waals surface area contributed by atoms with Gasteiger partial charge < -0.3 is 24.5 Å². The molecular formula is C14H25N3O4S. The summed E-state index contributed by atoms with van der Waals surface area (Å²) in [7, 11) is 0. The van der Waals surface area contributed by atoms with E-state index in [9.17, 15) is 4.55 Å². The van der Waals surface area contributed by atoms with E-state index >= 15 is 0 Å². The van der Waals surface area contributed by atoms with E-state index in [4.69, 9.17) is 19.9 Å². The number of ether oxygens (including phenoxy) is 3. The van der Waals surface area contributed by atoms with Gasteiger partial charge in [-0.15, -0.1) is 0 Å². The summed E-state index contributed by atoms with van der Waals surface area (Å²) in [5.41, 5.74) is 9.22. The van der Waals surface area contributed by atoms with Gasteiger partial charge in [-0.3, -0.25) is 0 Å². The number of para-hydroxylation sites is 1. The third kappa shape index (κ3) is 9.21. The zero-order valence-corrected chi connectivity index (χ0v) is 13.5. The van der Waals surface area contributed by atoms with Crippen LogP contribution in [0.1, 0.15) is 0 Å². The molecule has 1 aromatic rings. The van der Waals surface area contributed by atoms with Crippen molar-refractivity contribution in [2.45, 2.75) is 0 Å². The third-order valence-corrected chi connectivity index (χ3v) is 3.08. The topological polar surface area (TPSA) is 89.2 Å². The Kier molecular flexibility index (Phi) is 12.0. The second-order valence-electron chi connectivity index (χ2n) is 4.25. The average Bonchev–Trinajstić information content (AvgIpc) is 2.57. The maximum absolute atomic E-state index is 9.24. The van der Waals surface area contributed by atoms with Crippen molar-refractivity contribution < 1.29 is 18.8 Å². The van der Waals surface area contributed by atoms with Crippen LogP contribution in [-0.4, -0.2) is 57.3 Å². The highest BCUT2D eigenvalue weighted by atomic mass is 32.2. The molecule has 0 saturated heterocycles. The van der Waals surface area contributed by atoms with Crippen LogP contribution in [0.4, 0.5) is 5.69 Å². The Bertz CT molecular complexity index is 359. The lowest BCUT2D eigenvalue weighted by atomic mass is 10.3. The molecule has 0 saturated carbocycles. The minimum absolute atomic E-state index is 0.524. The number of anilines is 1. The summed E-state index contributed by atoms with van der Waals surface area (Å²) in [4.78, 5) is 0. The van der Waals surface area contributed by atoms with Crippen LogP contribution in [-0.2, 0) is 14.2 Å². The summed E-state index contributed by atoms with van der Waals surface area (Å²) in [6, 6.07) is 9.54. The first-order chi connectivity index (χ1) is 10.9. The lowest BCUT2D eigenvalue weighted by Crippen LogP contribution is -2.34. The number of hydrogen-bond acceptors (Lipinski definition) is 8. The molecule has 0 aliphatic heterocycles. The Balaban J connectivity index is 1.94. The number of nitrogens with one attached hydrogen (secondary N) is 1. The predicted octanol–water partition coefficient (Wildman–Crippen LogP) is 1.13. The highest BCUT2D eigenvalue weighted by Gasteiger charge is 2.04. The molecule has 8 heteroatoms. The zero-order chi connectivity index (χ0) is 15.9. The van der Waals surface area contributed by atoms with Gasteiger partial charge in [0.15, 0.2) is 0 Å². The van der Waals surface area contributed by atoms with E-state index in [-0.39, 0.29) is 0 Å². The van der Waals surface area contributed by atoms with Crippen LogP contribution in [0, 0.1) is 0 Å². The highest BCUT2D eigenvalue weighted by molar-refractivity contribution is 7.95. The summed E-state index contributed by atoms with van der Waals surface area (Å²) in [5.74, 6) is 0. The quantitative estimate of drug-likeness (QED) is 0.202. The van der Waals surface area contributed by atoms with E-state index in [0.717, 1.165) is 5.69 Å². The second-order valence-corrected chi connectivity index (χ2v) is 4.77. The minimum atomic E-state index is 0.524. The number of nitrogens with two attached hydrogens (primary N) is 1. The van der Waals surface area contributed by atoms with Crippen LogP contribution in [0.15, 0.2) is 30.3 Å². The predicted molar refractivity (Wildman–Crippen MR) is 88.7 cm³/mol. The first kappa shape index (κ1) is 19.2. The van der Waals surface area contributed by atoms with Gasteiger partial charge in [0.2, 0.25) is 0 Å². The maximum atomic E-state index is 9.24. The third-order valence-electron chi connectivity index (χ3n) is 2.58. The lowest BCUT2D eigenvalue weighted by Gasteiger charge is -2.20.